The lowest BCUT2D eigenvalue weighted by atomic mass is 9.82. The Morgan fingerprint density at radius 3 is 2.82 bits per heavy atom. The third-order valence-corrected chi connectivity index (χ3v) is 4.54. The molecule has 0 aromatic carbocycles. The highest BCUT2D eigenvalue weighted by molar-refractivity contribution is 5.25. The number of nitrogens with one attached hydrogen (secondary N) is 1. The molecule has 0 saturated heterocycles. The fraction of sp³-hybridized carbons (Fsp3) is 0.444. The second-order valence-electron chi connectivity index (χ2n) is 6.12. The van der Waals surface area contributed by atoms with Gasteiger partial charge in [0.25, 0.3) is 0 Å². The number of hydrogen-bond donors (Lipinski definition) is 2. The van der Waals surface area contributed by atoms with Crippen molar-refractivity contribution < 1.29 is 5.11 Å². The summed E-state index contributed by atoms with van der Waals surface area (Å²) in [5, 5.41) is 13.3. The minimum absolute atomic E-state index is 0.267. The minimum atomic E-state index is 0.267. The van der Waals surface area contributed by atoms with Gasteiger partial charge in [-0.15, -0.1) is 0 Å². The first-order chi connectivity index (χ1) is 10.7. The van der Waals surface area contributed by atoms with E-state index in [1.54, 1.807) is 18.3 Å². The van der Waals surface area contributed by atoms with E-state index in [2.05, 4.69) is 28.3 Å². The first-order valence-electron chi connectivity index (χ1n) is 8.02. The van der Waals surface area contributed by atoms with Crippen molar-refractivity contribution in [2.24, 2.45) is 0 Å². The van der Waals surface area contributed by atoms with Crippen LogP contribution in [0.25, 0.3) is 0 Å². The zero-order chi connectivity index (χ0) is 15.4. The normalized spacial score (nSPS) is 21.7. The number of hydrogen-bond acceptors (Lipinski definition) is 4. The molecule has 0 unspecified atom stereocenters. The summed E-state index contributed by atoms with van der Waals surface area (Å²) in [6.07, 6.45) is 8.32. The Balaban J connectivity index is 1.62. The fourth-order valence-corrected chi connectivity index (χ4v) is 3.36. The van der Waals surface area contributed by atoms with Crippen molar-refractivity contribution in [3.8, 4) is 5.75 Å². The topological polar surface area (TPSA) is 58.0 Å². The first-order valence-corrected chi connectivity index (χ1v) is 8.02. The molecule has 0 aliphatic heterocycles. The smallest absolute Gasteiger partial charge is 0.138 e. The van der Waals surface area contributed by atoms with Gasteiger partial charge in [0.1, 0.15) is 5.75 Å². The molecule has 2 heterocycles. The van der Waals surface area contributed by atoms with Crippen molar-refractivity contribution in [1.82, 2.24) is 15.3 Å². The maximum absolute atomic E-state index is 9.79. The Hall–Kier alpha value is -1.94. The van der Waals surface area contributed by atoms with Crippen LogP contribution in [0.1, 0.15) is 48.6 Å². The van der Waals surface area contributed by atoms with Crippen LogP contribution in [0.4, 0.5) is 0 Å². The highest BCUT2D eigenvalue weighted by Gasteiger charge is 2.25. The molecule has 1 aliphatic rings. The molecule has 22 heavy (non-hydrogen) atoms. The Kier molecular flexibility index (Phi) is 4.68. The molecule has 2 N–H and O–H groups in total. The Labute approximate surface area is 131 Å². The van der Waals surface area contributed by atoms with Gasteiger partial charge in [-0.25, -0.2) is 0 Å². The number of rotatable bonds is 4. The number of nitrogens with zero attached hydrogens (tertiary/aromatic N) is 2. The van der Waals surface area contributed by atoms with Gasteiger partial charge in [0, 0.05) is 36.6 Å². The molecule has 4 heteroatoms. The number of aryl methyl sites for hydroxylation is 1. The van der Waals surface area contributed by atoms with Crippen LogP contribution in [0.2, 0.25) is 0 Å². The van der Waals surface area contributed by atoms with Crippen LogP contribution in [0.5, 0.6) is 5.75 Å². The lowest BCUT2D eigenvalue weighted by Gasteiger charge is -2.30. The fourth-order valence-electron chi connectivity index (χ4n) is 3.36. The van der Waals surface area contributed by atoms with Gasteiger partial charge in [0.15, 0.2) is 0 Å². The van der Waals surface area contributed by atoms with Crippen LogP contribution in [-0.2, 0) is 6.54 Å². The van der Waals surface area contributed by atoms with Gasteiger partial charge < -0.3 is 10.4 Å². The van der Waals surface area contributed by atoms with Crippen molar-refractivity contribution in [1.29, 1.82) is 0 Å². The molecule has 0 spiro atoms. The average molecular weight is 297 g/mol. The summed E-state index contributed by atoms with van der Waals surface area (Å²) in [6.45, 7) is 2.76. The van der Waals surface area contributed by atoms with Gasteiger partial charge in [-0.2, -0.15) is 0 Å². The molecule has 0 amide bonds. The van der Waals surface area contributed by atoms with Gasteiger partial charge in [-0.3, -0.25) is 9.97 Å². The maximum Gasteiger partial charge on any atom is 0.138 e. The van der Waals surface area contributed by atoms with E-state index in [4.69, 9.17) is 0 Å². The zero-order valence-electron chi connectivity index (χ0n) is 13.0. The van der Waals surface area contributed by atoms with Crippen molar-refractivity contribution in [2.45, 2.75) is 51.1 Å². The predicted octanol–water partition coefficient (Wildman–Crippen LogP) is 3.31. The summed E-state index contributed by atoms with van der Waals surface area (Å²) in [5.41, 5.74) is 3.25. The van der Waals surface area contributed by atoms with Gasteiger partial charge in [0.2, 0.25) is 0 Å². The first kappa shape index (κ1) is 15.0. The zero-order valence-corrected chi connectivity index (χ0v) is 13.0. The quantitative estimate of drug-likeness (QED) is 0.909. The van der Waals surface area contributed by atoms with E-state index in [0.29, 0.717) is 18.5 Å². The molecule has 1 fully saturated rings. The second kappa shape index (κ2) is 6.88. The summed E-state index contributed by atoms with van der Waals surface area (Å²) in [4.78, 5) is 8.82. The summed E-state index contributed by atoms with van der Waals surface area (Å²) < 4.78 is 0. The molecular weight excluding hydrogens is 274 g/mol. The third kappa shape index (κ3) is 3.45. The highest BCUT2D eigenvalue weighted by atomic mass is 16.3. The average Bonchev–Trinajstić information content (AvgIpc) is 2.55. The molecule has 116 valence electrons. The molecular formula is C18H23N3O. The van der Waals surface area contributed by atoms with Crippen molar-refractivity contribution >= 4 is 0 Å². The van der Waals surface area contributed by atoms with E-state index >= 15 is 0 Å². The SMILES string of the molecule is Cc1cccnc1[C@@H]1CCC[C@@H](NCc2ncccc2O)C1. The Bertz CT molecular complexity index is 629. The van der Waals surface area contributed by atoms with Crippen LogP contribution in [0, 0.1) is 6.92 Å². The summed E-state index contributed by atoms with van der Waals surface area (Å²) in [6, 6.07) is 8.04. The molecule has 2 aromatic rings. The lowest BCUT2D eigenvalue weighted by molar-refractivity contribution is 0.331. The van der Waals surface area contributed by atoms with Gasteiger partial charge in [0.05, 0.1) is 5.69 Å². The second-order valence-corrected chi connectivity index (χ2v) is 6.12. The number of aromatic hydroxyl groups is 1. The summed E-state index contributed by atoms with van der Waals surface area (Å²) in [5.74, 6) is 0.799. The van der Waals surface area contributed by atoms with Crippen molar-refractivity contribution in [2.75, 3.05) is 0 Å². The molecule has 1 saturated carbocycles. The van der Waals surface area contributed by atoms with Crippen LogP contribution in [0.15, 0.2) is 36.7 Å². The van der Waals surface area contributed by atoms with Crippen molar-refractivity contribution in [3.63, 3.8) is 0 Å². The predicted molar refractivity (Wildman–Crippen MR) is 86.7 cm³/mol. The van der Waals surface area contributed by atoms with E-state index in [9.17, 15) is 5.11 Å². The van der Waals surface area contributed by atoms with Crippen LogP contribution in [-0.4, -0.2) is 21.1 Å². The molecule has 3 rings (SSSR count). The van der Waals surface area contributed by atoms with E-state index in [1.807, 2.05) is 12.3 Å². The van der Waals surface area contributed by atoms with Crippen LogP contribution >= 0.6 is 0 Å². The maximum atomic E-state index is 9.79. The lowest BCUT2D eigenvalue weighted by Crippen LogP contribution is -2.33. The van der Waals surface area contributed by atoms with Crippen molar-refractivity contribution in [3.05, 3.63) is 53.6 Å². The minimum Gasteiger partial charge on any atom is -0.506 e. The number of pyridine rings is 2. The largest absolute Gasteiger partial charge is 0.506 e. The Morgan fingerprint density at radius 2 is 2.00 bits per heavy atom. The summed E-state index contributed by atoms with van der Waals surface area (Å²) >= 11 is 0. The standard InChI is InChI=1S/C18H23N3O/c1-13-5-3-10-20-18(13)14-6-2-7-15(11-14)21-12-16-17(22)8-4-9-19-16/h3-5,8-10,14-15,21-22H,2,6-7,11-12H2,1H3/t14-,15-/m1/s1. The van der Waals surface area contributed by atoms with Crippen LogP contribution in [0.3, 0.4) is 0 Å². The molecule has 2 aromatic heterocycles. The van der Waals surface area contributed by atoms with Gasteiger partial charge >= 0.3 is 0 Å². The number of aromatic nitrogens is 2. The summed E-state index contributed by atoms with van der Waals surface area (Å²) in [7, 11) is 0. The van der Waals surface area contributed by atoms with E-state index in [0.717, 1.165) is 12.1 Å². The van der Waals surface area contributed by atoms with E-state index < -0.39 is 0 Å². The molecule has 0 radical (unpaired) electrons. The van der Waals surface area contributed by atoms with Gasteiger partial charge in [-0.1, -0.05) is 12.5 Å². The van der Waals surface area contributed by atoms with Crippen LogP contribution < -0.4 is 5.32 Å². The molecule has 2 atom stereocenters. The Morgan fingerprint density at radius 1 is 1.18 bits per heavy atom. The third-order valence-electron chi connectivity index (χ3n) is 4.54. The van der Waals surface area contributed by atoms with E-state index in [-0.39, 0.29) is 5.75 Å². The highest BCUT2D eigenvalue weighted by Crippen LogP contribution is 2.33. The molecule has 0 bridgehead atoms. The van der Waals surface area contributed by atoms with Gasteiger partial charge in [-0.05, 0) is 49.9 Å². The monoisotopic (exact) mass is 297 g/mol. The van der Waals surface area contributed by atoms with E-state index in [1.165, 1.54) is 30.5 Å². The molecule has 1 aliphatic carbocycles. The molecule has 4 nitrogen and oxygen atoms in total.